The Morgan fingerprint density at radius 1 is 1.12 bits per heavy atom. The van der Waals surface area contributed by atoms with E-state index in [0.717, 1.165) is 6.07 Å². The molecule has 1 amide bonds. The summed E-state index contributed by atoms with van der Waals surface area (Å²) >= 11 is 0. The first-order chi connectivity index (χ1) is 11.9. The third-order valence-electron chi connectivity index (χ3n) is 3.85. The first-order valence-corrected chi connectivity index (χ1v) is 7.25. The largest absolute Gasteiger partial charge is 0.504 e. The van der Waals surface area contributed by atoms with E-state index in [1.807, 2.05) is 0 Å². The fourth-order valence-corrected chi connectivity index (χ4v) is 2.73. The Morgan fingerprint density at radius 3 is 2.44 bits per heavy atom. The normalized spacial score (nSPS) is 18.7. The first kappa shape index (κ1) is 16.6. The lowest BCUT2D eigenvalue weighted by molar-refractivity contribution is -0.133. The average Bonchev–Trinajstić information content (AvgIpc) is 2.59. The van der Waals surface area contributed by atoms with Crippen LogP contribution in [0.15, 0.2) is 42.5 Å². The summed E-state index contributed by atoms with van der Waals surface area (Å²) < 4.78 is 5.62. The molecule has 8 heteroatoms. The molecule has 1 atom stereocenters. The molecule has 0 fully saturated rings. The Bertz CT molecular complexity index is 863. The molecule has 1 aliphatic rings. The number of amides is 1. The summed E-state index contributed by atoms with van der Waals surface area (Å²) in [5.41, 5.74) is -0.418. The summed E-state index contributed by atoms with van der Waals surface area (Å²) in [6.45, 7) is 0. The van der Waals surface area contributed by atoms with E-state index in [2.05, 4.69) is 0 Å². The number of phenolic OH excluding ortho intramolecular Hbond substituents is 3. The van der Waals surface area contributed by atoms with Crippen LogP contribution in [0.2, 0.25) is 0 Å². The molecule has 0 aliphatic carbocycles. The number of hydrogen-bond donors (Lipinski definition) is 6. The Kier molecular flexibility index (Phi) is 3.99. The van der Waals surface area contributed by atoms with E-state index in [4.69, 9.17) is 9.94 Å². The van der Waals surface area contributed by atoms with Crippen LogP contribution >= 0.6 is 0 Å². The van der Waals surface area contributed by atoms with Gasteiger partial charge < -0.3 is 25.2 Å². The number of ether oxygens (including phenoxy) is 1. The standard InChI is InChI=1S/C17H15NO7/c19-10-6-11-14(16(22)15(10)21)17(23,8-13(20)18-24)7-12(25-11)9-4-2-1-3-5-9/h1-7,19,21-24H,8H2,(H,18,20). The topological polar surface area (TPSA) is 139 Å². The third-order valence-corrected chi connectivity index (χ3v) is 3.85. The number of carbonyl (C=O) groups excluding carboxylic acids is 1. The van der Waals surface area contributed by atoms with E-state index in [0.29, 0.717) is 5.56 Å². The SMILES string of the molecule is O=C(CC1(O)C=C(c2ccccc2)Oc2cc(O)c(O)c(O)c21)NO. The van der Waals surface area contributed by atoms with Crippen molar-refractivity contribution in [3.8, 4) is 23.0 Å². The molecule has 2 aromatic rings. The van der Waals surface area contributed by atoms with Crippen molar-refractivity contribution in [2.75, 3.05) is 0 Å². The van der Waals surface area contributed by atoms with Gasteiger partial charge in [-0.25, -0.2) is 5.48 Å². The van der Waals surface area contributed by atoms with Gasteiger partial charge in [-0.2, -0.15) is 0 Å². The molecule has 1 unspecified atom stereocenters. The van der Waals surface area contributed by atoms with Crippen LogP contribution in [0, 0.1) is 0 Å². The van der Waals surface area contributed by atoms with Gasteiger partial charge in [0, 0.05) is 11.6 Å². The van der Waals surface area contributed by atoms with Gasteiger partial charge in [0.05, 0.1) is 12.0 Å². The summed E-state index contributed by atoms with van der Waals surface area (Å²) in [6, 6.07) is 9.66. The predicted octanol–water partition coefficient (Wildman–Crippen LogP) is 1.32. The predicted molar refractivity (Wildman–Crippen MR) is 84.9 cm³/mol. The maximum atomic E-state index is 11.6. The maximum absolute atomic E-state index is 11.6. The molecule has 2 aromatic carbocycles. The molecule has 0 spiro atoms. The Balaban J connectivity index is 2.21. The van der Waals surface area contributed by atoms with Crippen molar-refractivity contribution in [3.63, 3.8) is 0 Å². The van der Waals surface area contributed by atoms with E-state index in [1.54, 1.807) is 30.3 Å². The Hall–Kier alpha value is -3.23. The van der Waals surface area contributed by atoms with Gasteiger partial charge in [0.1, 0.15) is 17.1 Å². The van der Waals surface area contributed by atoms with Crippen molar-refractivity contribution in [1.29, 1.82) is 0 Å². The second-order valence-corrected chi connectivity index (χ2v) is 5.58. The molecule has 6 N–H and O–H groups in total. The molecule has 0 bridgehead atoms. The Labute approximate surface area is 141 Å². The van der Waals surface area contributed by atoms with Gasteiger partial charge in [0.25, 0.3) is 0 Å². The number of carbonyl (C=O) groups is 1. The van der Waals surface area contributed by atoms with Gasteiger partial charge in [-0.15, -0.1) is 0 Å². The summed E-state index contributed by atoms with van der Waals surface area (Å²) in [5, 5.41) is 49.3. The minimum absolute atomic E-state index is 0.137. The molecular formula is C17H15NO7. The highest BCUT2D eigenvalue weighted by atomic mass is 16.5. The van der Waals surface area contributed by atoms with Crippen molar-refractivity contribution >= 4 is 11.7 Å². The zero-order valence-electron chi connectivity index (χ0n) is 12.8. The molecule has 0 saturated carbocycles. The van der Waals surface area contributed by atoms with E-state index in [-0.39, 0.29) is 17.1 Å². The number of benzene rings is 2. The highest BCUT2D eigenvalue weighted by Gasteiger charge is 2.41. The number of hydroxylamine groups is 1. The number of fused-ring (bicyclic) bond motifs is 1. The van der Waals surface area contributed by atoms with Crippen molar-refractivity contribution in [2.24, 2.45) is 0 Å². The lowest BCUT2D eigenvalue weighted by atomic mass is 9.85. The second-order valence-electron chi connectivity index (χ2n) is 5.58. The molecular weight excluding hydrogens is 330 g/mol. The molecule has 0 radical (unpaired) electrons. The number of hydrogen-bond acceptors (Lipinski definition) is 7. The first-order valence-electron chi connectivity index (χ1n) is 7.25. The van der Waals surface area contributed by atoms with Crippen LogP contribution in [0.4, 0.5) is 0 Å². The second kappa shape index (κ2) is 6.00. The summed E-state index contributed by atoms with van der Waals surface area (Å²) in [6.07, 6.45) is 0.532. The number of aliphatic hydroxyl groups is 1. The van der Waals surface area contributed by atoms with Gasteiger partial charge in [-0.05, 0) is 6.08 Å². The minimum Gasteiger partial charge on any atom is -0.504 e. The lowest BCUT2D eigenvalue weighted by Crippen LogP contribution is -2.34. The van der Waals surface area contributed by atoms with Crippen molar-refractivity contribution in [3.05, 3.63) is 53.6 Å². The molecule has 8 nitrogen and oxygen atoms in total. The van der Waals surface area contributed by atoms with Gasteiger partial charge in [-0.3, -0.25) is 10.0 Å². The zero-order valence-corrected chi connectivity index (χ0v) is 12.8. The van der Waals surface area contributed by atoms with Crippen LogP contribution in [0.1, 0.15) is 17.5 Å². The van der Waals surface area contributed by atoms with E-state index < -0.39 is 35.2 Å². The van der Waals surface area contributed by atoms with E-state index in [9.17, 15) is 25.2 Å². The molecule has 1 aliphatic heterocycles. The highest BCUT2D eigenvalue weighted by molar-refractivity contribution is 5.80. The smallest absolute Gasteiger partial charge is 0.246 e. The number of nitrogens with one attached hydrogen (secondary N) is 1. The highest BCUT2D eigenvalue weighted by Crippen LogP contribution is 2.52. The van der Waals surface area contributed by atoms with Gasteiger partial charge in [-0.1, -0.05) is 30.3 Å². The average molecular weight is 345 g/mol. The molecule has 25 heavy (non-hydrogen) atoms. The van der Waals surface area contributed by atoms with Crippen LogP contribution in [-0.2, 0) is 10.4 Å². The number of aromatic hydroxyl groups is 3. The maximum Gasteiger partial charge on any atom is 0.246 e. The lowest BCUT2D eigenvalue weighted by Gasteiger charge is -2.32. The number of rotatable bonds is 3. The molecule has 0 aromatic heterocycles. The van der Waals surface area contributed by atoms with Gasteiger partial charge in [0.15, 0.2) is 11.5 Å². The monoisotopic (exact) mass is 345 g/mol. The summed E-state index contributed by atoms with van der Waals surface area (Å²) in [4.78, 5) is 11.6. The van der Waals surface area contributed by atoms with Gasteiger partial charge in [0.2, 0.25) is 11.7 Å². The third kappa shape index (κ3) is 2.84. The minimum atomic E-state index is -2.10. The Morgan fingerprint density at radius 2 is 1.80 bits per heavy atom. The molecule has 130 valence electrons. The quantitative estimate of drug-likeness (QED) is 0.280. The summed E-state index contributed by atoms with van der Waals surface area (Å²) in [5.74, 6) is -3.23. The van der Waals surface area contributed by atoms with Crippen molar-refractivity contribution < 1.29 is 35.2 Å². The summed E-state index contributed by atoms with van der Waals surface area (Å²) in [7, 11) is 0. The zero-order chi connectivity index (χ0) is 18.2. The van der Waals surface area contributed by atoms with Crippen LogP contribution < -0.4 is 10.2 Å². The van der Waals surface area contributed by atoms with Crippen LogP contribution in [0.25, 0.3) is 5.76 Å². The fourth-order valence-electron chi connectivity index (χ4n) is 2.73. The van der Waals surface area contributed by atoms with E-state index in [1.165, 1.54) is 11.6 Å². The van der Waals surface area contributed by atoms with E-state index >= 15 is 0 Å². The van der Waals surface area contributed by atoms with Crippen LogP contribution in [0.3, 0.4) is 0 Å². The van der Waals surface area contributed by atoms with Crippen LogP contribution in [-0.4, -0.2) is 31.5 Å². The van der Waals surface area contributed by atoms with Crippen molar-refractivity contribution in [2.45, 2.75) is 12.0 Å². The van der Waals surface area contributed by atoms with Crippen molar-refractivity contribution in [1.82, 2.24) is 5.48 Å². The van der Waals surface area contributed by atoms with Gasteiger partial charge >= 0.3 is 0 Å². The van der Waals surface area contributed by atoms with Crippen LogP contribution in [0.5, 0.6) is 23.0 Å². The molecule has 1 heterocycles. The molecule has 3 rings (SSSR count). The fraction of sp³-hybridized carbons (Fsp3) is 0.118. The number of phenols is 3. The molecule has 0 saturated heterocycles.